The van der Waals surface area contributed by atoms with Gasteiger partial charge in [0, 0.05) is 23.5 Å². The van der Waals surface area contributed by atoms with Gasteiger partial charge in [0.25, 0.3) is 11.5 Å². The predicted molar refractivity (Wildman–Crippen MR) is 121 cm³/mol. The molecule has 7 nitrogen and oxygen atoms in total. The lowest BCUT2D eigenvalue weighted by Crippen LogP contribution is -2.69. The van der Waals surface area contributed by atoms with E-state index in [1.807, 2.05) is 25.1 Å². The number of rotatable bonds is 5. The third-order valence-electron chi connectivity index (χ3n) is 8.23. The zero-order valence-electron chi connectivity index (χ0n) is 18.5. The fourth-order valence-electron chi connectivity index (χ4n) is 6.99. The summed E-state index contributed by atoms with van der Waals surface area (Å²) in [5.41, 5.74) is -0.438. The fourth-order valence-corrected chi connectivity index (χ4v) is 6.99. The molecule has 0 spiro atoms. The first-order valence-corrected chi connectivity index (χ1v) is 12.1. The summed E-state index contributed by atoms with van der Waals surface area (Å²) in [4.78, 5) is 29.2. The van der Waals surface area contributed by atoms with E-state index >= 15 is 0 Å². The van der Waals surface area contributed by atoms with Crippen LogP contribution in [0, 0.1) is 5.92 Å². The van der Waals surface area contributed by atoms with E-state index < -0.39 is 17.1 Å². The van der Waals surface area contributed by atoms with Crippen molar-refractivity contribution < 1.29 is 15.0 Å². The van der Waals surface area contributed by atoms with Gasteiger partial charge in [0.2, 0.25) is 0 Å². The van der Waals surface area contributed by atoms with Crippen LogP contribution in [-0.4, -0.2) is 49.4 Å². The Labute approximate surface area is 187 Å². The summed E-state index contributed by atoms with van der Waals surface area (Å²) >= 11 is 0. The molecule has 5 aliphatic rings. The van der Waals surface area contributed by atoms with Crippen molar-refractivity contribution in [1.29, 1.82) is 0 Å². The molecular formula is C25H31N3O4. The van der Waals surface area contributed by atoms with Crippen molar-refractivity contribution in [2.45, 2.75) is 88.2 Å². The largest absolute Gasteiger partial charge is 0.506 e. The first-order chi connectivity index (χ1) is 15.4. The number of aromatic nitrogens is 1. The number of benzene rings is 1. The van der Waals surface area contributed by atoms with Crippen molar-refractivity contribution in [3.63, 3.8) is 0 Å². The number of carbonyl (C=O) groups excluding carboxylic acids is 1. The molecule has 7 heteroatoms. The van der Waals surface area contributed by atoms with E-state index in [0.717, 1.165) is 44.9 Å². The molecular weight excluding hydrogens is 406 g/mol. The first kappa shape index (κ1) is 20.2. The van der Waals surface area contributed by atoms with E-state index in [2.05, 4.69) is 10.2 Å². The molecule has 3 saturated carbocycles. The Bertz CT molecular complexity index is 1140. The molecule has 0 radical (unpaired) electrons. The predicted octanol–water partition coefficient (Wildman–Crippen LogP) is 2.89. The Kier molecular flexibility index (Phi) is 4.46. The minimum atomic E-state index is -0.552. The quantitative estimate of drug-likeness (QED) is 0.669. The maximum absolute atomic E-state index is 13.4. The van der Waals surface area contributed by atoms with Crippen molar-refractivity contribution in [3.8, 4) is 5.75 Å². The molecule has 1 amide bonds. The van der Waals surface area contributed by atoms with Gasteiger partial charge < -0.3 is 20.1 Å². The average molecular weight is 438 g/mol. The van der Waals surface area contributed by atoms with Gasteiger partial charge in [-0.05, 0) is 69.4 Å². The number of piperidine rings is 2. The molecule has 7 rings (SSSR count). The second-order valence-electron chi connectivity index (χ2n) is 10.5. The highest BCUT2D eigenvalue weighted by molar-refractivity contribution is 6.02. The maximum atomic E-state index is 13.4. The van der Waals surface area contributed by atoms with Crippen LogP contribution in [0.1, 0.15) is 74.7 Å². The monoisotopic (exact) mass is 437 g/mol. The van der Waals surface area contributed by atoms with E-state index in [4.69, 9.17) is 0 Å². The molecule has 4 bridgehead atoms. The molecule has 3 aliphatic carbocycles. The molecule has 3 heterocycles. The van der Waals surface area contributed by atoms with Crippen LogP contribution in [0.4, 0.5) is 0 Å². The number of hydrogen-bond donors (Lipinski definition) is 3. The summed E-state index contributed by atoms with van der Waals surface area (Å²) in [6.07, 6.45) is 6.82. The van der Waals surface area contributed by atoms with E-state index in [0.29, 0.717) is 23.2 Å². The number of aliphatic hydroxyl groups is 1. The SMILES string of the molecule is CCC(NC(=O)c1c(O)c2ccccc2n(C2CC2)c1=O)N1C2CC3CC1CC(O)(C3)C2. The summed E-state index contributed by atoms with van der Waals surface area (Å²) < 4.78 is 1.68. The summed E-state index contributed by atoms with van der Waals surface area (Å²) in [7, 11) is 0. The van der Waals surface area contributed by atoms with Gasteiger partial charge in [0.15, 0.2) is 0 Å². The van der Waals surface area contributed by atoms with Crippen molar-refractivity contribution in [2.75, 3.05) is 0 Å². The topological polar surface area (TPSA) is 94.8 Å². The van der Waals surface area contributed by atoms with Gasteiger partial charge in [-0.1, -0.05) is 19.1 Å². The molecule has 1 aromatic heterocycles. The van der Waals surface area contributed by atoms with Gasteiger partial charge in [-0.15, -0.1) is 0 Å². The Balaban J connectivity index is 1.34. The van der Waals surface area contributed by atoms with Crippen molar-refractivity contribution in [1.82, 2.24) is 14.8 Å². The molecule has 2 aliphatic heterocycles. The normalized spacial score (nSPS) is 32.4. The van der Waals surface area contributed by atoms with Crippen LogP contribution in [0.3, 0.4) is 0 Å². The van der Waals surface area contributed by atoms with Gasteiger partial charge in [-0.25, -0.2) is 0 Å². The second-order valence-corrected chi connectivity index (χ2v) is 10.5. The number of hydrogen-bond acceptors (Lipinski definition) is 5. The lowest BCUT2D eigenvalue weighted by Gasteiger charge is -2.61. The molecule has 2 aromatic rings. The lowest BCUT2D eigenvalue weighted by atomic mass is 9.61. The van der Waals surface area contributed by atoms with Crippen LogP contribution in [-0.2, 0) is 0 Å². The first-order valence-electron chi connectivity index (χ1n) is 12.1. The molecule has 32 heavy (non-hydrogen) atoms. The molecule has 170 valence electrons. The summed E-state index contributed by atoms with van der Waals surface area (Å²) in [5.74, 6) is -0.173. The Morgan fingerprint density at radius 2 is 1.84 bits per heavy atom. The number of fused-ring (bicyclic) bond motifs is 1. The molecule has 3 atom stereocenters. The van der Waals surface area contributed by atoms with E-state index in [9.17, 15) is 19.8 Å². The Hall–Kier alpha value is -2.38. The zero-order valence-corrected chi connectivity index (χ0v) is 18.5. The summed E-state index contributed by atoms with van der Waals surface area (Å²) in [6, 6.07) is 7.85. The van der Waals surface area contributed by atoms with Gasteiger partial charge in [-0.2, -0.15) is 0 Å². The van der Waals surface area contributed by atoms with Crippen LogP contribution in [0.2, 0.25) is 0 Å². The third kappa shape index (κ3) is 3.01. The average Bonchev–Trinajstić information content (AvgIpc) is 3.56. The maximum Gasteiger partial charge on any atom is 0.267 e. The van der Waals surface area contributed by atoms with Crippen LogP contribution in [0.25, 0.3) is 10.9 Å². The molecule has 3 N–H and O–H groups in total. The van der Waals surface area contributed by atoms with Crippen molar-refractivity contribution in [3.05, 3.63) is 40.2 Å². The summed E-state index contributed by atoms with van der Waals surface area (Å²) in [6.45, 7) is 2.04. The summed E-state index contributed by atoms with van der Waals surface area (Å²) in [5, 5.41) is 25.5. The van der Waals surface area contributed by atoms with Gasteiger partial charge in [0.05, 0.1) is 17.3 Å². The van der Waals surface area contributed by atoms with E-state index in [1.165, 1.54) is 0 Å². The highest BCUT2D eigenvalue weighted by Gasteiger charge is 2.55. The van der Waals surface area contributed by atoms with Crippen LogP contribution in [0.15, 0.2) is 29.1 Å². The number of pyridine rings is 1. The molecule has 2 saturated heterocycles. The highest BCUT2D eigenvalue weighted by atomic mass is 16.3. The minimum Gasteiger partial charge on any atom is -0.506 e. The molecule has 3 unspecified atom stereocenters. The number of para-hydroxylation sites is 1. The number of aromatic hydroxyl groups is 1. The Morgan fingerprint density at radius 3 is 2.47 bits per heavy atom. The lowest BCUT2D eigenvalue weighted by molar-refractivity contribution is -0.170. The Morgan fingerprint density at radius 1 is 1.16 bits per heavy atom. The van der Waals surface area contributed by atoms with Crippen LogP contribution in [0.5, 0.6) is 5.75 Å². The highest BCUT2D eigenvalue weighted by Crippen LogP contribution is 2.52. The number of carbonyl (C=O) groups is 1. The minimum absolute atomic E-state index is 0.0930. The molecule has 1 aromatic carbocycles. The van der Waals surface area contributed by atoms with Crippen molar-refractivity contribution >= 4 is 16.8 Å². The van der Waals surface area contributed by atoms with Crippen LogP contribution >= 0.6 is 0 Å². The smallest absolute Gasteiger partial charge is 0.267 e. The van der Waals surface area contributed by atoms with Crippen molar-refractivity contribution in [2.24, 2.45) is 5.92 Å². The van der Waals surface area contributed by atoms with E-state index in [1.54, 1.807) is 10.6 Å². The van der Waals surface area contributed by atoms with Crippen LogP contribution < -0.4 is 10.9 Å². The fraction of sp³-hybridized carbons (Fsp3) is 0.600. The number of nitrogens with one attached hydrogen (secondary N) is 1. The zero-order chi connectivity index (χ0) is 22.2. The molecule has 5 fully saturated rings. The number of nitrogens with zero attached hydrogens (tertiary/aromatic N) is 2. The van der Waals surface area contributed by atoms with Gasteiger partial charge in [0.1, 0.15) is 11.3 Å². The van der Waals surface area contributed by atoms with Gasteiger partial charge in [-0.3, -0.25) is 14.5 Å². The van der Waals surface area contributed by atoms with E-state index in [-0.39, 0.29) is 35.6 Å². The third-order valence-corrected chi connectivity index (χ3v) is 8.23. The second kappa shape index (κ2) is 7.06. The number of amides is 1. The van der Waals surface area contributed by atoms with Gasteiger partial charge >= 0.3 is 0 Å². The standard InChI is InChI=1S/C25H31N3O4/c1-2-20(27-16-9-14-10-17(27)13-25(32,11-14)12-16)26-23(30)21-22(29)18-5-3-4-6-19(18)28(24(21)31)15-7-8-15/h3-6,14-17,20,29,32H,2,7-13H2,1H3,(H,26,30).